The second-order valence-corrected chi connectivity index (χ2v) is 5.36. The van der Waals surface area contributed by atoms with Gasteiger partial charge in [0.15, 0.2) is 0 Å². The minimum Gasteiger partial charge on any atom is -0.493 e. The molecule has 0 radical (unpaired) electrons. The highest BCUT2D eigenvalue weighted by atomic mass is 32.1. The van der Waals surface area contributed by atoms with Crippen LogP contribution in [0, 0.1) is 6.92 Å². The highest BCUT2D eigenvalue weighted by Gasteiger charge is 2.00. The average molecular weight is 291 g/mol. The summed E-state index contributed by atoms with van der Waals surface area (Å²) in [6.07, 6.45) is 0.225. The standard InChI is InChI=1S/C14H17N3O2S/c1-10-17-12(9-20-10)8-16-11-2-4-13(5-3-11)19-7-6-14(15)18/h2-5,9,16H,6-8H2,1H3,(H2,15,18). The molecule has 0 atom stereocenters. The monoisotopic (exact) mass is 291 g/mol. The van der Waals surface area contributed by atoms with Gasteiger partial charge in [-0.3, -0.25) is 4.79 Å². The van der Waals surface area contributed by atoms with Gasteiger partial charge < -0.3 is 15.8 Å². The van der Waals surface area contributed by atoms with E-state index in [0.29, 0.717) is 13.2 Å². The average Bonchev–Trinajstić information content (AvgIpc) is 2.83. The Labute approximate surface area is 121 Å². The number of anilines is 1. The first-order chi connectivity index (χ1) is 9.63. The highest BCUT2D eigenvalue weighted by Crippen LogP contribution is 2.17. The van der Waals surface area contributed by atoms with Gasteiger partial charge in [-0.1, -0.05) is 0 Å². The van der Waals surface area contributed by atoms with E-state index in [2.05, 4.69) is 10.3 Å². The van der Waals surface area contributed by atoms with Crippen molar-refractivity contribution in [3.63, 3.8) is 0 Å². The van der Waals surface area contributed by atoms with E-state index in [1.165, 1.54) is 0 Å². The number of nitrogens with two attached hydrogens (primary N) is 1. The summed E-state index contributed by atoms with van der Waals surface area (Å²) < 4.78 is 5.40. The third-order valence-corrected chi connectivity index (χ3v) is 3.43. The number of hydrogen-bond donors (Lipinski definition) is 2. The van der Waals surface area contributed by atoms with Crippen LogP contribution >= 0.6 is 11.3 Å². The molecule has 0 unspecified atom stereocenters. The lowest BCUT2D eigenvalue weighted by Gasteiger charge is -2.07. The summed E-state index contributed by atoms with van der Waals surface area (Å²) in [4.78, 5) is 15.0. The number of nitrogens with one attached hydrogen (secondary N) is 1. The van der Waals surface area contributed by atoms with Gasteiger partial charge in [0.2, 0.25) is 5.91 Å². The van der Waals surface area contributed by atoms with Crippen LogP contribution < -0.4 is 15.8 Å². The minimum atomic E-state index is -0.359. The Morgan fingerprint density at radius 3 is 2.75 bits per heavy atom. The molecule has 2 aromatic rings. The van der Waals surface area contributed by atoms with Crippen LogP contribution in [0.4, 0.5) is 5.69 Å². The van der Waals surface area contributed by atoms with Gasteiger partial charge in [-0.15, -0.1) is 11.3 Å². The zero-order valence-corrected chi connectivity index (χ0v) is 12.1. The zero-order valence-electron chi connectivity index (χ0n) is 11.3. The van der Waals surface area contributed by atoms with Gasteiger partial charge in [0, 0.05) is 11.1 Å². The Bertz CT molecular complexity index is 566. The van der Waals surface area contributed by atoms with E-state index in [0.717, 1.165) is 22.1 Å². The van der Waals surface area contributed by atoms with Crippen LogP contribution in [0.5, 0.6) is 5.75 Å². The number of carbonyl (C=O) groups excluding carboxylic acids is 1. The third-order valence-electron chi connectivity index (χ3n) is 2.61. The van der Waals surface area contributed by atoms with Crippen molar-refractivity contribution in [3.05, 3.63) is 40.3 Å². The Morgan fingerprint density at radius 2 is 2.15 bits per heavy atom. The number of ether oxygens (including phenoxy) is 1. The lowest BCUT2D eigenvalue weighted by Crippen LogP contribution is -2.14. The third kappa shape index (κ3) is 4.55. The Morgan fingerprint density at radius 1 is 1.40 bits per heavy atom. The van der Waals surface area contributed by atoms with Gasteiger partial charge in [-0.05, 0) is 31.2 Å². The molecule has 0 spiro atoms. The number of benzene rings is 1. The molecule has 2 rings (SSSR count). The van der Waals surface area contributed by atoms with E-state index in [1.54, 1.807) is 11.3 Å². The predicted octanol–water partition coefficient (Wildman–Crippen LogP) is 2.32. The van der Waals surface area contributed by atoms with Gasteiger partial charge in [0.25, 0.3) is 0 Å². The van der Waals surface area contributed by atoms with Crippen molar-refractivity contribution >= 4 is 22.9 Å². The molecule has 3 N–H and O–H groups in total. The molecule has 0 aliphatic carbocycles. The molecule has 0 saturated carbocycles. The van der Waals surface area contributed by atoms with Crippen LogP contribution in [-0.2, 0) is 11.3 Å². The maximum absolute atomic E-state index is 10.6. The van der Waals surface area contributed by atoms with Crippen LogP contribution in [-0.4, -0.2) is 17.5 Å². The summed E-state index contributed by atoms with van der Waals surface area (Å²) >= 11 is 1.64. The highest BCUT2D eigenvalue weighted by molar-refractivity contribution is 7.09. The summed E-state index contributed by atoms with van der Waals surface area (Å²) in [7, 11) is 0. The molecular weight excluding hydrogens is 274 g/mol. The molecule has 20 heavy (non-hydrogen) atoms. The molecule has 1 aromatic carbocycles. The van der Waals surface area contributed by atoms with Crippen LogP contribution in [0.2, 0.25) is 0 Å². The lowest BCUT2D eigenvalue weighted by molar-refractivity contribution is -0.118. The molecule has 0 aliphatic heterocycles. The number of hydrogen-bond acceptors (Lipinski definition) is 5. The molecular formula is C14H17N3O2S. The molecule has 0 aliphatic rings. The summed E-state index contributed by atoms with van der Waals surface area (Å²) in [5.41, 5.74) is 7.08. The van der Waals surface area contributed by atoms with E-state index in [4.69, 9.17) is 10.5 Å². The van der Waals surface area contributed by atoms with Crippen molar-refractivity contribution < 1.29 is 9.53 Å². The van der Waals surface area contributed by atoms with Gasteiger partial charge in [-0.25, -0.2) is 4.98 Å². The molecule has 0 bridgehead atoms. The maximum atomic E-state index is 10.6. The van der Waals surface area contributed by atoms with Crippen molar-refractivity contribution in [1.82, 2.24) is 4.98 Å². The smallest absolute Gasteiger partial charge is 0.220 e. The van der Waals surface area contributed by atoms with E-state index in [9.17, 15) is 4.79 Å². The SMILES string of the molecule is Cc1nc(CNc2ccc(OCCC(N)=O)cc2)cs1. The fourth-order valence-electron chi connectivity index (χ4n) is 1.62. The van der Waals surface area contributed by atoms with E-state index in [1.807, 2.05) is 36.6 Å². The number of primary amides is 1. The van der Waals surface area contributed by atoms with Crippen LogP contribution in [0.1, 0.15) is 17.1 Å². The van der Waals surface area contributed by atoms with Gasteiger partial charge in [0.05, 0.1) is 30.3 Å². The summed E-state index contributed by atoms with van der Waals surface area (Å²) in [6.45, 7) is 3.00. The van der Waals surface area contributed by atoms with Crippen molar-refractivity contribution in [2.75, 3.05) is 11.9 Å². The number of amides is 1. The Kier molecular flexibility index (Phi) is 4.95. The summed E-state index contributed by atoms with van der Waals surface area (Å²) in [5, 5.41) is 6.41. The predicted molar refractivity (Wildman–Crippen MR) is 79.9 cm³/mol. The molecule has 0 saturated heterocycles. The number of nitrogens with zero attached hydrogens (tertiary/aromatic N) is 1. The van der Waals surface area contributed by atoms with Crippen LogP contribution in [0.15, 0.2) is 29.6 Å². The number of thiazole rings is 1. The first kappa shape index (κ1) is 14.3. The van der Waals surface area contributed by atoms with Crippen molar-refractivity contribution in [1.29, 1.82) is 0 Å². The number of aromatic nitrogens is 1. The topological polar surface area (TPSA) is 77.2 Å². The second kappa shape index (κ2) is 6.91. The van der Waals surface area contributed by atoms with Crippen molar-refractivity contribution in [3.8, 4) is 5.75 Å². The number of aryl methyl sites for hydroxylation is 1. The Hall–Kier alpha value is -2.08. The van der Waals surface area contributed by atoms with Gasteiger partial charge in [0.1, 0.15) is 5.75 Å². The van der Waals surface area contributed by atoms with Gasteiger partial charge >= 0.3 is 0 Å². The zero-order chi connectivity index (χ0) is 14.4. The number of carbonyl (C=O) groups is 1. The first-order valence-corrected chi connectivity index (χ1v) is 7.17. The lowest BCUT2D eigenvalue weighted by atomic mass is 10.3. The van der Waals surface area contributed by atoms with Crippen molar-refractivity contribution in [2.45, 2.75) is 19.9 Å². The fraction of sp³-hybridized carbons (Fsp3) is 0.286. The maximum Gasteiger partial charge on any atom is 0.220 e. The van der Waals surface area contributed by atoms with E-state index < -0.39 is 0 Å². The quantitative estimate of drug-likeness (QED) is 0.820. The van der Waals surface area contributed by atoms with Crippen LogP contribution in [0.25, 0.3) is 0 Å². The van der Waals surface area contributed by atoms with E-state index >= 15 is 0 Å². The van der Waals surface area contributed by atoms with E-state index in [-0.39, 0.29) is 12.3 Å². The van der Waals surface area contributed by atoms with Crippen molar-refractivity contribution in [2.24, 2.45) is 5.73 Å². The molecule has 6 heteroatoms. The normalized spacial score (nSPS) is 10.2. The first-order valence-electron chi connectivity index (χ1n) is 6.29. The molecule has 5 nitrogen and oxygen atoms in total. The molecule has 1 heterocycles. The summed E-state index contributed by atoms with van der Waals surface area (Å²) in [6, 6.07) is 7.57. The second-order valence-electron chi connectivity index (χ2n) is 4.30. The largest absolute Gasteiger partial charge is 0.493 e. The molecule has 1 aromatic heterocycles. The van der Waals surface area contributed by atoms with Gasteiger partial charge in [-0.2, -0.15) is 0 Å². The minimum absolute atomic E-state index is 0.225. The summed E-state index contributed by atoms with van der Waals surface area (Å²) in [5.74, 6) is 0.364. The molecule has 0 fully saturated rings. The van der Waals surface area contributed by atoms with Crippen LogP contribution in [0.3, 0.4) is 0 Å². The fourth-order valence-corrected chi connectivity index (χ4v) is 2.23. The Balaban J connectivity index is 1.80. The number of rotatable bonds is 7. The molecule has 1 amide bonds. The molecule has 106 valence electrons.